The number of carbonyl (C=O) groups excluding carboxylic acids is 3. The Morgan fingerprint density at radius 1 is 1.21 bits per heavy atom. The summed E-state index contributed by atoms with van der Waals surface area (Å²) in [7, 11) is 1.49. The van der Waals surface area contributed by atoms with Gasteiger partial charge in [-0.2, -0.15) is 0 Å². The third-order valence-corrected chi connectivity index (χ3v) is 10.2. The number of aromatic nitrogens is 1. The van der Waals surface area contributed by atoms with Gasteiger partial charge >= 0.3 is 0 Å². The average Bonchev–Trinajstić information content (AvgIpc) is 3.54. The van der Waals surface area contributed by atoms with Crippen molar-refractivity contribution in [1.29, 1.82) is 0 Å². The van der Waals surface area contributed by atoms with Crippen LogP contribution in [0.4, 0.5) is 4.79 Å². The molecule has 2 aliphatic heterocycles. The van der Waals surface area contributed by atoms with Crippen molar-refractivity contribution in [3.63, 3.8) is 0 Å². The van der Waals surface area contributed by atoms with Crippen LogP contribution >= 0.6 is 23.1 Å². The molecule has 2 aromatic rings. The number of aryl methyl sites for hydroxylation is 1. The number of likely N-dealkylation sites (N-methyl/N-ethyl adjacent to an activating group) is 1. The minimum Gasteiger partial charge on any atom is -0.490 e. The molecular formula is C27H32N4O5S2. The molecule has 0 aromatic carbocycles. The largest absolute Gasteiger partial charge is 0.490 e. The lowest BCUT2D eigenvalue weighted by Crippen LogP contribution is -2.46. The third-order valence-electron chi connectivity index (χ3n) is 8.10. The number of nitrogens with two attached hydrogens (primary N) is 1. The summed E-state index contributed by atoms with van der Waals surface area (Å²) in [6.45, 7) is 3.61. The van der Waals surface area contributed by atoms with Crippen LogP contribution in [0.15, 0.2) is 11.0 Å². The summed E-state index contributed by atoms with van der Waals surface area (Å²) in [6.07, 6.45) is 7.97. The maximum absolute atomic E-state index is 12.5. The molecule has 2 aliphatic carbocycles. The smallest absolute Gasteiger partial charge is 0.293 e. The first kappa shape index (κ1) is 25.8. The fourth-order valence-electron chi connectivity index (χ4n) is 6.16. The summed E-state index contributed by atoms with van der Waals surface area (Å²) in [5, 5.41) is 0.685. The number of thioether (sulfide) groups is 1. The number of nitrogens with zero attached hydrogens (tertiary/aromatic N) is 3. The number of hydrogen-bond acceptors (Lipinski definition) is 9. The Balaban J connectivity index is 1.31. The van der Waals surface area contributed by atoms with Crippen LogP contribution in [0.2, 0.25) is 0 Å². The van der Waals surface area contributed by atoms with Gasteiger partial charge < -0.3 is 15.2 Å². The average molecular weight is 557 g/mol. The van der Waals surface area contributed by atoms with Crippen LogP contribution in [0, 0.1) is 0 Å². The normalized spacial score (nSPS) is 27.4. The Hall–Kier alpha value is -2.47. The number of ether oxygens (including phenoxy) is 2. The summed E-state index contributed by atoms with van der Waals surface area (Å²) in [4.78, 5) is 47.3. The Bertz CT molecular complexity index is 1310. The molecular weight excluding hydrogens is 524 g/mol. The van der Waals surface area contributed by atoms with E-state index in [2.05, 4.69) is 4.90 Å². The van der Waals surface area contributed by atoms with Gasteiger partial charge in [0.1, 0.15) is 10.6 Å². The van der Waals surface area contributed by atoms with E-state index in [1.165, 1.54) is 11.9 Å². The summed E-state index contributed by atoms with van der Waals surface area (Å²) in [6, 6.07) is 2.47. The quantitative estimate of drug-likeness (QED) is 0.533. The van der Waals surface area contributed by atoms with Crippen molar-refractivity contribution in [2.24, 2.45) is 5.73 Å². The number of rotatable bonds is 6. The van der Waals surface area contributed by atoms with Gasteiger partial charge in [0.25, 0.3) is 11.1 Å². The fourth-order valence-corrected chi connectivity index (χ4v) is 8.27. The SMILES string of the molecule is CN1C(=O)S/C(=C\c2cc(OC3CCC(N4CCOCC4)CC3)c3c4c(sc3n2)CC[C@@H]4CC(N)=O)C1=O. The minimum absolute atomic E-state index is 0.0693. The van der Waals surface area contributed by atoms with E-state index in [0.29, 0.717) is 23.1 Å². The number of amides is 3. The molecule has 1 saturated carbocycles. The molecule has 0 bridgehead atoms. The molecule has 4 aliphatic rings. The molecule has 11 heteroatoms. The maximum atomic E-state index is 12.5. The monoisotopic (exact) mass is 556 g/mol. The van der Waals surface area contributed by atoms with Crippen LogP contribution in [-0.4, -0.2) is 77.3 Å². The molecule has 0 radical (unpaired) electrons. The molecule has 2 aromatic heterocycles. The van der Waals surface area contributed by atoms with Crippen LogP contribution in [0.5, 0.6) is 5.75 Å². The zero-order chi connectivity index (χ0) is 26.4. The molecule has 2 N–H and O–H groups in total. The van der Waals surface area contributed by atoms with Gasteiger partial charge in [0, 0.05) is 43.5 Å². The minimum atomic E-state index is -0.319. The van der Waals surface area contributed by atoms with Gasteiger partial charge in [-0.1, -0.05) is 0 Å². The number of hydrogen-bond donors (Lipinski definition) is 1. The van der Waals surface area contributed by atoms with Gasteiger partial charge in [-0.05, 0) is 67.8 Å². The molecule has 2 saturated heterocycles. The van der Waals surface area contributed by atoms with Gasteiger partial charge in [-0.25, -0.2) is 4.98 Å². The first-order valence-corrected chi connectivity index (χ1v) is 14.9. The predicted molar refractivity (Wildman–Crippen MR) is 147 cm³/mol. The molecule has 0 unspecified atom stereocenters. The van der Waals surface area contributed by atoms with E-state index in [1.54, 1.807) is 17.4 Å². The second kappa shape index (κ2) is 10.6. The molecule has 9 nitrogen and oxygen atoms in total. The van der Waals surface area contributed by atoms with Crippen molar-refractivity contribution in [1.82, 2.24) is 14.8 Å². The third kappa shape index (κ3) is 4.97. The Morgan fingerprint density at radius 2 is 1.97 bits per heavy atom. The van der Waals surface area contributed by atoms with E-state index in [1.807, 2.05) is 6.07 Å². The second-order valence-corrected chi connectivity index (χ2v) is 12.6. The fraction of sp³-hybridized carbons (Fsp3) is 0.556. The Morgan fingerprint density at radius 3 is 2.66 bits per heavy atom. The highest BCUT2D eigenvalue weighted by molar-refractivity contribution is 8.18. The number of pyridine rings is 1. The lowest BCUT2D eigenvalue weighted by atomic mass is 9.91. The zero-order valence-corrected chi connectivity index (χ0v) is 23.1. The van der Waals surface area contributed by atoms with Crippen molar-refractivity contribution in [3.8, 4) is 5.75 Å². The van der Waals surface area contributed by atoms with Crippen molar-refractivity contribution < 1.29 is 23.9 Å². The summed E-state index contributed by atoms with van der Waals surface area (Å²) in [5.74, 6) is 0.201. The lowest BCUT2D eigenvalue weighted by Gasteiger charge is -2.38. The van der Waals surface area contributed by atoms with Crippen molar-refractivity contribution >= 4 is 56.4 Å². The molecule has 3 amide bonds. The standard InChI is InChI=1S/C27H32N4O5S2/c1-30-26(33)21(38-27(30)34)14-16-13-19(36-18-5-3-17(4-6-18)31-8-10-35-11-9-31)24-23-15(12-22(28)32)2-7-20(23)37-25(24)29-16/h13-15,17-18H,2-12H2,1H3,(H2,28,32)/b21-14-/t15-,17?,18?/m1/s1. The molecule has 6 rings (SSSR count). The van der Waals surface area contributed by atoms with Crippen molar-refractivity contribution in [3.05, 3.63) is 27.1 Å². The van der Waals surface area contributed by atoms with E-state index in [-0.39, 0.29) is 29.1 Å². The zero-order valence-electron chi connectivity index (χ0n) is 21.4. The van der Waals surface area contributed by atoms with E-state index < -0.39 is 0 Å². The summed E-state index contributed by atoms with van der Waals surface area (Å²) >= 11 is 2.55. The van der Waals surface area contributed by atoms with E-state index in [4.69, 9.17) is 20.2 Å². The summed E-state index contributed by atoms with van der Waals surface area (Å²) < 4.78 is 12.2. The highest BCUT2D eigenvalue weighted by Gasteiger charge is 2.34. The maximum Gasteiger partial charge on any atom is 0.293 e. The van der Waals surface area contributed by atoms with E-state index in [0.717, 1.165) is 103 Å². The van der Waals surface area contributed by atoms with Gasteiger partial charge in [0.15, 0.2) is 0 Å². The topological polar surface area (TPSA) is 115 Å². The number of primary amides is 1. The number of imide groups is 1. The summed E-state index contributed by atoms with van der Waals surface area (Å²) in [5.41, 5.74) is 7.33. The lowest BCUT2D eigenvalue weighted by molar-refractivity contribution is -0.122. The van der Waals surface area contributed by atoms with Gasteiger partial charge in [0.05, 0.1) is 35.3 Å². The number of morpholine rings is 1. The molecule has 3 fully saturated rings. The van der Waals surface area contributed by atoms with Crippen LogP contribution in [0.25, 0.3) is 16.3 Å². The number of carbonyl (C=O) groups is 3. The molecule has 0 spiro atoms. The van der Waals surface area contributed by atoms with Gasteiger partial charge in [-0.3, -0.25) is 24.2 Å². The Labute approximate surface area is 229 Å². The molecule has 1 atom stereocenters. The second-order valence-electron chi connectivity index (χ2n) is 10.5. The van der Waals surface area contributed by atoms with E-state index >= 15 is 0 Å². The highest BCUT2D eigenvalue weighted by atomic mass is 32.2. The van der Waals surface area contributed by atoms with Crippen LogP contribution in [0.3, 0.4) is 0 Å². The van der Waals surface area contributed by atoms with Crippen LogP contribution in [0.1, 0.15) is 60.6 Å². The van der Waals surface area contributed by atoms with Gasteiger partial charge in [-0.15, -0.1) is 11.3 Å². The Kier molecular flexibility index (Phi) is 7.19. The number of fused-ring (bicyclic) bond motifs is 3. The molecule has 4 heterocycles. The van der Waals surface area contributed by atoms with Gasteiger partial charge in [0.2, 0.25) is 5.91 Å². The highest BCUT2D eigenvalue weighted by Crippen LogP contribution is 2.48. The van der Waals surface area contributed by atoms with Crippen molar-refractivity contribution in [2.75, 3.05) is 33.4 Å². The van der Waals surface area contributed by atoms with E-state index in [9.17, 15) is 14.4 Å². The number of thiophene rings is 1. The van der Waals surface area contributed by atoms with Crippen LogP contribution < -0.4 is 10.5 Å². The predicted octanol–water partition coefficient (Wildman–Crippen LogP) is 3.89. The molecule has 202 valence electrons. The van der Waals surface area contributed by atoms with Crippen molar-refractivity contribution in [2.45, 2.75) is 63.0 Å². The first-order valence-electron chi connectivity index (χ1n) is 13.3. The van der Waals surface area contributed by atoms with Crippen LogP contribution in [-0.2, 0) is 20.7 Å². The molecule has 38 heavy (non-hydrogen) atoms. The first-order chi connectivity index (χ1) is 18.4.